The van der Waals surface area contributed by atoms with Crippen LogP contribution in [-0.4, -0.2) is 24.0 Å². The quantitative estimate of drug-likeness (QED) is 0.853. The topological polar surface area (TPSA) is 29.3 Å². The molecule has 3 rings (SSSR count). The van der Waals surface area contributed by atoms with Crippen LogP contribution in [0.3, 0.4) is 0 Å². The van der Waals surface area contributed by atoms with E-state index >= 15 is 0 Å². The summed E-state index contributed by atoms with van der Waals surface area (Å²) in [5.74, 6) is 0.832. The molecule has 128 valence electrons. The van der Waals surface area contributed by atoms with E-state index in [9.17, 15) is 0 Å². The summed E-state index contributed by atoms with van der Waals surface area (Å²) < 4.78 is 0. The van der Waals surface area contributed by atoms with Gasteiger partial charge >= 0.3 is 0 Å². The average Bonchev–Trinajstić information content (AvgIpc) is 2.64. The molecular formula is C22H30N2. The molecule has 0 aliphatic carbocycles. The Bertz CT molecular complexity index is 588. The molecule has 0 aromatic heterocycles. The zero-order valence-corrected chi connectivity index (χ0v) is 14.8. The molecule has 2 atom stereocenters. The van der Waals surface area contributed by atoms with Gasteiger partial charge < -0.3 is 10.6 Å². The van der Waals surface area contributed by atoms with E-state index in [1.54, 1.807) is 0 Å². The standard InChI is InChI=1S/C22H30N2/c1-18(16-22(23)21-10-6-3-7-11-21)24-14-12-20(13-15-24)17-19-8-4-2-5-9-19/h2-11,18,20,22H,12-17,23H2,1H3. The summed E-state index contributed by atoms with van der Waals surface area (Å²) >= 11 is 0. The Kier molecular flexibility index (Phi) is 6.06. The van der Waals surface area contributed by atoms with Gasteiger partial charge in [-0.2, -0.15) is 0 Å². The van der Waals surface area contributed by atoms with Gasteiger partial charge in [-0.25, -0.2) is 0 Å². The molecule has 1 saturated heterocycles. The average molecular weight is 322 g/mol. The van der Waals surface area contributed by atoms with E-state index in [0.29, 0.717) is 6.04 Å². The Morgan fingerprint density at radius 2 is 1.54 bits per heavy atom. The number of hydrogen-bond donors (Lipinski definition) is 1. The van der Waals surface area contributed by atoms with Crippen molar-refractivity contribution in [1.29, 1.82) is 0 Å². The first-order valence-corrected chi connectivity index (χ1v) is 9.31. The number of rotatable bonds is 6. The molecule has 2 aromatic rings. The third kappa shape index (κ3) is 4.68. The van der Waals surface area contributed by atoms with Gasteiger partial charge in [0, 0.05) is 12.1 Å². The lowest BCUT2D eigenvalue weighted by Crippen LogP contribution is -2.41. The molecule has 0 saturated carbocycles. The van der Waals surface area contributed by atoms with Crippen molar-refractivity contribution in [3.8, 4) is 0 Å². The Morgan fingerprint density at radius 3 is 2.17 bits per heavy atom. The van der Waals surface area contributed by atoms with Crippen LogP contribution in [0.4, 0.5) is 0 Å². The van der Waals surface area contributed by atoms with Crippen LogP contribution in [0, 0.1) is 5.92 Å². The van der Waals surface area contributed by atoms with Crippen molar-refractivity contribution in [2.75, 3.05) is 13.1 Å². The van der Waals surface area contributed by atoms with Crippen LogP contribution in [0.15, 0.2) is 60.7 Å². The molecule has 2 unspecified atom stereocenters. The van der Waals surface area contributed by atoms with Crippen molar-refractivity contribution in [3.63, 3.8) is 0 Å². The molecular weight excluding hydrogens is 292 g/mol. The van der Waals surface area contributed by atoms with E-state index in [-0.39, 0.29) is 6.04 Å². The summed E-state index contributed by atoms with van der Waals surface area (Å²) in [5, 5.41) is 0. The fourth-order valence-corrected chi connectivity index (χ4v) is 3.90. The van der Waals surface area contributed by atoms with Gasteiger partial charge in [0.05, 0.1) is 0 Å². The van der Waals surface area contributed by atoms with Crippen molar-refractivity contribution in [3.05, 3.63) is 71.8 Å². The maximum absolute atomic E-state index is 6.41. The van der Waals surface area contributed by atoms with Crippen molar-refractivity contribution >= 4 is 0 Å². The van der Waals surface area contributed by atoms with Crippen LogP contribution >= 0.6 is 0 Å². The van der Waals surface area contributed by atoms with E-state index in [1.165, 1.54) is 43.5 Å². The molecule has 24 heavy (non-hydrogen) atoms. The number of likely N-dealkylation sites (tertiary alicyclic amines) is 1. The molecule has 0 amide bonds. The Hall–Kier alpha value is -1.64. The molecule has 0 spiro atoms. The summed E-state index contributed by atoms with van der Waals surface area (Å²) in [6.07, 6.45) is 4.87. The first kappa shape index (κ1) is 17.2. The number of piperidine rings is 1. The minimum absolute atomic E-state index is 0.142. The summed E-state index contributed by atoms with van der Waals surface area (Å²) in [4.78, 5) is 2.63. The number of nitrogens with zero attached hydrogens (tertiary/aromatic N) is 1. The Labute approximate surface area is 146 Å². The number of benzene rings is 2. The molecule has 2 aromatic carbocycles. The predicted molar refractivity (Wildman–Crippen MR) is 102 cm³/mol. The highest BCUT2D eigenvalue weighted by atomic mass is 15.2. The SMILES string of the molecule is CC(CC(N)c1ccccc1)N1CCC(Cc2ccccc2)CC1. The molecule has 1 aliphatic rings. The first-order chi connectivity index (χ1) is 11.7. The van der Waals surface area contributed by atoms with E-state index in [2.05, 4.69) is 72.5 Å². The van der Waals surface area contributed by atoms with E-state index in [1.807, 2.05) is 0 Å². The normalized spacial score (nSPS) is 19.1. The third-order valence-corrected chi connectivity index (χ3v) is 5.46. The second-order valence-electron chi connectivity index (χ2n) is 7.27. The fourth-order valence-electron chi connectivity index (χ4n) is 3.90. The van der Waals surface area contributed by atoms with Crippen LogP contribution in [-0.2, 0) is 6.42 Å². The molecule has 1 fully saturated rings. The van der Waals surface area contributed by atoms with Crippen molar-refractivity contribution in [1.82, 2.24) is 4.90 Å². The molecule has 2 heteroatoms. The molecule has 2 N–H and O–H groups in total. The van der Waals surface area contributed by atoms with Gasteiger partial charge in [0.1, 0.15) is 0 Å². The van der Waals surface area contributed by atoms with Gasteiger partial charge in [0.2, 0.25) is 0 Å². The number of nitrogens with two attached hydrogens (primary N) is 1. The van der Waals surface area contributed by atoms with Crippen LogP contribution in [0.5, 0.6) is 0 Å². The lowest BCUT2D eigenvalue weighted by molar-refractivity contribution is 0.131. The minimum atomic E-state index is 0.142. The highest BCUT2D eigenvalue weighted by Crippen LogP contribution is 2.25. The van der Waals surface area contributed by atoms with Gasteiger partial charge in [-0.15, -0.1) is 0 Å². The van der Waals surface area contributed by atoms with Crippen LogP contribution in [0.2, 0.25) is 0 Å². The molecule has 1 heterocycles. The van der Waals surface area contributed by atoms with Gasteiger partial charge in [-0.3, -0.25) is 0 Å². The smallest absolute Gasteiger partial charge is 0.0309 e. The fraction of sp³-hybridized carbons (Fsp3) is 0.455. The Balaban J connectivity index is 1.46. The third-order valence-electron chi connectivity index (χ3n) is 5.46. The highest BCUT2D eigenvalue weighted by molar-refractivity contribution is 5.18. The van der Waals surface area contributed by atoms with Crippen molar-refractivity contribution in [2.24, 2.45) is 11.7 Å². The molecule has 1 aliphatic heterocycles. The summed E-state index contributed by atoms with van der Waals surface area (Å²) in [6.45, 7) is 4.75. The minimum Gasteiger partial charge on any atom is -0.324 e. The summed E-state index contributed by atoms with van der Waals surface area (Å²) in [6, 6.07) is 22.1. The van der Waals surface area contributed by atoms with E-state index < -0.39 is 0 Å². The van der Waals surface area contributed by atoms with Crippen molar-refractivity contribution < 1.29 is 0 Å². The van der Waals surface area contributed by atoms with Gasteiger partial charge in [0.15, 0.2) is 0 Å². The Morgan fingerprint density at radius 1 is 0.958 bits per heavy atom. The monoisotopic (exact) mass is 322 g/mol. The van der Waals surface area contributed by atoms with Crippen LogP contribution < -0.4 is 5.73 Å². The van der Waals surface area contributed by atoms with Gasteiger partial charge in [-0.05, 0) is 62.7 Å². The maximum Gasteiger partial charge on any atom is 0.0309 e. The van der Waals surface area contributed by atoms with E-state index in [4.69, 9.17) is 5.73 Å². The van der Waals surface area contributed by atoms with Gasteiger partial charge in [-0.1, -0.05) is 60.7 Å². The maximum atomic E-state index is 6.41. The predicted octanol–water partition coefficient (Wildman–Crippen LogP) is 4.42. The van der Waals surface area contributed by atoms with Gasteiger partial charge in [0.25, 0.3) is 0 Å². The first-order valence-electron chi connectivity index (χ1n) is 9.31. The lowest BCUT2D eigenvalue weighted by atomic mass is 9.89. The second-order valence-corrected chi connectivity index (χ2v) is 7.27. The van der Waals surface area contributed by atoms with Crippen molar-refractivity contribution in [2.45, 2.75) is 44.7 Å². The zero-order valence-electron chi connectivity index (χ0n) is 14.8. The zero-order chi connectivity index (χ0) is 16.8. The molecule has 0 radical (unpaired) electrons. The molecule has 2 nitrogen and oxygen atoms in total. The largest absolute Gasteiger partial charge is 0.324 e. The van der Waals surface area contributed by atoms with Crippen LogP contribution in [0.1, 0.15) is 43.4 Å². The summed E-state index contributed by atoms with van der Waals surface area (Å²) in [7, 11) is 0. The lowest BCUT2D eigenvalue weighted by Gasteiger charge is -2.37. The van der Waals surface area contributed by atoms with E-state index in [0.717, 1.165) is 12.3 Å². The summed E-state index contributed by atoms with van der Waals surface area (Å²) in [5.41, 5.74) is 9.14. The van der Waals surface area contributed by atoms with Crippen LogP contribution in [0.25, 0.3) is 0 Å². The highest BCUT2D eigenvalue weighted by Gasteiger charge is 2.24. The number of hydrogen-bond acceptors (Lipinski definition) is 2. The second kappa shape index (κ2) is 8.46. The molecule has 0 bridgehead atoms.